The van der Waals surface area contributed by atoms with E-state index >= 15 is 0 Å². The number of carbonyl (C=O) groups excluding carboxylic acids is 1. The number of alkyl halides is 3. The van der Waals surface area contributed by atoms with E-state index < -0.39 is 23.0 Å². The molecule has 0 saturated carbocycles. The van der Waals surface area contributed by atoms with Crippen LogP contribution in [0.2, 0.25) is 0 Å². The number of benzene rings is 2. The summed E-state index contributed by atoms with van der Waals surface area (Å²) in [6.45, 7) is 0.0277. The van der Waals surface area contributed by atoms with Gasteiger partial charge < -0.3 is 4.74 Å². The highest BCUT2D eigenvalue weighted by Crippen LogP contribution is 2.35. The minimum Gasteiger partial charge on any atom is -0.489 e. The normalized spacial score (nSPS) is 17.5. The van der Waals surface area contributed by atoms with Gasteiger partial charge in [-0.15, -0.1) is 0 Å². The molecule has 0 bridgehead atoms. The van der Waals surface area contributed by atoms with E-state index in [4.69, 9.17) is 10.1 Å². The van der Waals surface area contributed by atoms with E-state index in [2.05, 4.69) is 10.1 Å². The molecule has 6 nitrogen and oxygen atoms in total. The fourth-order valence-electron chi connectivity index (χ4n) is 2.71. The van der Waals surface area contributed by atoms with Gasteiger partial charge in [0.1, 0.15) is 18.2 Å². The zero-order chi connectivity index (χ0) is 22.2. The van der Waals surface area contributed by atoms with Crippen LogP contribution >= 0.6 is 11.8 Å². The van der Waals surface area contributed by atoms with Gasteiger partial charge in [-0.3, -0.25) is 10.2 Å². The van der Waals surface area contributed by atoms with Crippen molar-refractivity contribution < 1.29 is 27.1 Å². The van der Waals surface area contributed by atoms with Crippen molar-refractivity contribution in [2.24, 2.45) is 10.1 Å². The molecule has 0 saturated heterocycles. The maximum absolute atomic E-state index is 13.6. The number of thioether (sulfide) groups is 1. The Labute approximate surface area is 177 Å². The molecule has 158 valence electrons. The van der Waals surface area contributed by atoms with Crippen LogP contribution in [0.3, 0.4) is 0 Å². The topological polar surface area (TPSA) is 78.1 Å². The molecule has 11 heteroatoms. The molecule has 1 amide bonds. The van der Waals surface area contributed by atoms with Crippen LogP contribution in [0.4, 0.5) is 17.6 Å². The second kappa shape index (κ2) is 7.99. The first kappa shape index (κ1) is 20.8. The standard InChI is InChI=1S/C20H12F4N4O2S/c21-15-4-2-1-3-12(15)10-30-13-7-5-11(6-8-13)9-14-16(25)28-19(26-17(14)29)31-18(27-28)20(22,23)24/h1-9,25H,10H2/b14-9-,25-16?. The minimum atomic E-state index is -4.70. The van der Waals surface area contributed by atoms with Crippen molar-refractivity contribution in [2.45, 2.75) is 12.8 Å². The Bertz CT molecular complexity index is 1160. The molecule has 31 heavy (non-hydrogen) atoms. The molecule has 0 aliphatic carbocycles. The van der Waals surface area contributed by atoms with Gasteiger partial charge in [-0.1, -0.05) is 30.3 Å². The summed E-state index contributed by atoms with van der Waals surface area (Å²) in [5.41, 5.74) is 0.694. The van der Waals surface area contributed by atoms with Gasteiger partial charge >= 0.3 is 6.18 Å². The summed E-state index contributed by atoms with van der Waals surface area (Å²) < 4.78 is 57.8. The lowest BCUT2D eigenvalue weighted by Gasteiger charge is -2.20. The van der Waals surface area contributed by atoms with Gasteiger partial charge in [0.25, 0.3) is 5.91 Å². The number of hydrogen-bond acceptors (Lipinski definition) is 5. The molecule has 2 heterocycles. The fourth-order valence-corrected chi connectivity index (χ4v) is 3.47. The Morgan fingerprint density at radius 2 is 1.84 bits per heavy atom. The molecule has 0 atom stereocenters. The molecule has 4 rings (SSSR count). The number of hydrogen-bond donors (Lipinski definition) is 1. The number of nitrogens with zero attached hydrogens (tertiary/aromatic N) is 3. The highest BCUT2D eigenvalue weighted by atomic mass is 32.2. The molecule has 2 aliphatic heterocycles. The van der Waals surface area contributed by atoms with E-state index in [0.29, 0.717) is 21.9 Å². The predicted molar refractivity (Wildman–Crippen MR) is 108 cm³/mol. The van der Waals surface area contributed by atoms with Crippen LogP contribution in [-0.4, -0.2) is 33.1 Å². The van der Waals surface area contributed by atoms with Crippen molar-refractivity contribution in [3.05, 3.63) is 71.0 Å². The largest absolute Gasteiger partial charge is 0.489 e. The first-order valence-corrected chi connectivity index (χ1v) is 9.58. The Hall–Kier alpha value is -3.47. The maximum atomic E-state index is 13.6. The van der Waals surface area contributed by atoms with Gasteiger partial charge in [-0.2, -0.15) is 28.3 Å². The molecular weight excluding hydrogens is 436 g/mol. The zero-order valence-electron chi connectivity index (χ0n) is 15.5. The van der Waals surface area contributed by atoms with Crippen LogP contribution < -0.4 is 4.74 Å². The van der Waals surface area contributed by atoms with Crippen molar-refractivity contribution in [3.63, 3.8) is 0 Å². The zero-order valence-corrected chi connectivity index (χ0v) is 16.3. The van der Waals surface area contributed by atoms with Gasteiger partial charge in [0.15, 0.2) is 5.84 Å². The summed E-state index contributed by atoms with van der Waals surface area (Å²) >= 11 is 0.193. The average Bonchev–Trinajstić information content (AvgIpc) is 3.16. The quantitative estimate of drug-likeness (QED) is 0.549. The second-order valence-corrected chi connectivity index (χ2v) is 7.33. The lowest BCUT2D eigenvalue weighted by Crippen LogP contribution is -2.35. The summed E-state index contributed by atoms with van der Waals surface area (Å²) in [6.07, 6.45) is -3.37. The Morgan fingerprint density at radius 1 is 1.13 bits per heavy atom. The van der Waals surface area contributed by atoms with E-state index in [-0.39, 0.29) is 34.9 Å². The van der Waals surface area contributed by atoms with Gasteiger partial charge in [-0.25, -0.2) is 4.39 Å². The summed E-state index contributed by atoms with van der Waals surface area (Å²) in [7, 11) is 0. The number of nitrogens with one attached hydrogen (secondary N) is 1. The molecule has 2 aliphatic rings. The SMILES string of the molecule is N=C1/C(=C/c2ccc(OCc3ccccc3F)cc2)C(=O)N=C2SC(C(F)(F)F)=NN12. The summed E-state index contributed by atoms with van der Waals surface area (Å²) in [5.74, 6) is -1.26. The molecule has 0 spiro atoms. The lowest BCUT2D eigenvalue weighted by atomic mass is 10.1. The number of carbonyl (C=O) groups is 1. The Kier molecular flexibility index (Phi) is 5.36. The summed E-state index contributed by atoms with van der Waals surface area (Å²) in [5, 5.41) is 10.6. The number of amidine groups is 2. The fraction of sp³-hybridized carbons (Fsp3) is 0.100. The first-order valence-electron chi connectivity index (χ1n) is 8.76. The first-order chi connectivity index (χ1) is 14.7. The monoisotopic (exact) mass is 448 g/mol. The van der Waals surface area contributed by atoms with Crippen LogP contribution in [0.1, 0.15) is 11.1 Å². The lowest BCUT2D eigenvalue weighted by molar-refractivity contribution is -0.114. The van der Waals surface area contributed by atoms with Crippen LogP contribution in [0, 0.1) is 11.2 Å². The van der Waals surface area contributed by atoms with E-state index in [1.807, 2.05) is 0 Å². The van der Waals surface area contributed by atoms with Crippen molar-refractivity contribution in [1.82, 2.24) is 5.01 Å². The molecule has 0 fully saturated rings. The molecule has 1 N–H and O–H groups in total. The molecular formula is C20H12F4N4O2S. The smallest absolute Gasteiger partial charge is 0.441 e. The number of halogens is 4. The van der Waals surface area contributed by atoms with Crippen LogP contribution in [0.15, 0.2) is 64.2 Å². The van der Waals surface area contributed by atoms with Gasteiger partial charge in [0.05, 0.1) is 5.57 Å². The second-order valence-electron chi connectivity index (χ2n) is 6.37. The third-order valence-electron chi connectivity index (χ3n) is 4.24. The van der Waals surface area contributed by atoms with Gasteiger partial charge in [-0.05, 0) is 41.6 Å². The van der Waals surface area contributed by atoms with Crippen molar-refractivity contribution in [2.75, 3.05) is 0 Å². The minimum absolute atomic E-state index is 0.0277. The van der Waals surface area contributed by atoms with Crippen molar-refractivity contribution >= 4 is 39.8 Å². The maximum Gasteiger partial charge on any atom is 0.441 e. The Balaban J connectivity index is 1.50. The number of ether oxygens (including phenoxy) is 1. The summed E-state index contributed by atoms with van der Waals surface area (Å²) in [6, 6.07) is 12.6. The Morgan fingerprint density at radius 3 is 2.52 bits per heavy atom. The van der Waals surface area contributed by atoms with Gasteiger partial charge in [0.2, 0.25) is 10.2 Å². The molecule has 0 unspecified atom stereocenters. The highest BCUT2D eigenvalue weighted by molar-refractivity contribution is 8.27. The third-order valence-corrected chi connectivity index (χ3v) is 5.19. The van der Waals surface area contributed by atoms with E-state index in [1.54, 1.807) is 42.5 Å². The number of aliphatic imine (C=N–C) groups is 1. The van der Waals surface area contributed by atoms with Crippen molar-refractivity contribution in [1.29, 1.82) is 5.41 Å². The number of amides is 1. The summed E-state index contributed by atoms with van der Waals surface area (Å²) in [4.78, 5) is 15.8. The van der Waals surface area contributed by atoms with Crippen molar-refractivity contribution in [3.8, 4) is 5.75 Å². The molecule has 2 aromatic rings. The molecule has 0 radical (unpaired) electrons. The van der Waals surface area contributed by atoms with Crippen LogP contribution in [0.25, 0.3) is 6.08 Å². The van der Waals surface area contributed by atoms with Crippen LogP contribution in [-0.2, 0) is 11.4 Å². The number of rotatable bonds is 4. The van der Waals surface area contributed by atoms with Gasteiger partial charge in [0, 0.05) is 5.56 Å². The predicted octanol–water partition coefficient (Wildman–Crippen LogP) is 4.59. The van der Waals surface area contributed by atoms with E-state index in [1.165, 1.54) is 12.1 Å². The molecule has 2 aromatic carbocycles. The van der Waals surface area contributed by atoms with Crippen LogP contribution in [0.5, 0.6) is 5.75 Å². The number of fused-ring (bicyclic) bond motifs is 1. The third kappa shape index (κ3) is 4.36. The van der Waals surface area contributed by atoms with E-state index in [0.717, 1.165) is 0 Å². The molecule has 0 aromatic heterocycles. The average molecular weight is 448 g/mol. The number of hydrazone groups is 1. The van der Waals surface area contributed by atoms with E-state index in [9.17, 15) is 22.4 Å². The highest BCUT2D eigenvalue weighted by Gasteiger charge is 2.46.